The molecule has 2 saturated heterocycles. The first-order valence-electron chi connectivity index (χ1n) is 8.14. The lowest BCUT2D eigenvalue weighted by atomic mass is 9.93. The molecule has 21 heavy (non-hydrogen) atoms. The first kappa shape index (κ1) is 15.4. The number of thiazole rings is 1. The van der Waals surface area contributed by atoms with E-state index in [0.717, 1.165) is 25.7 Å². The van der Waals surface area contributed by atoms with Crippen molar-refractivity contribution in [1.82, 2.24) is 20.1 Å². The van der Waals surface area contributed by atoms with Crippen molar-refractivity contribution >= 4 is 11.3 Å². The molecule has 3 heterocycles. The van der Waals surface area contributed by atoms with Crippen LogP contribution >= 0.6 is 11.3 Å². The Balaban J connectivity index is 1.53. The number of nitrogens with zero attached hydrogens (tertiary/aromatic N) is 3. The third-order valence-electron chi connectivity index (χ3n) is 4.59. The molecule has 2 fully saturated rings. The highest BCUT2D eigenvalue weighted by Gasteiger charge is 2.29. The quantitative estimate of drug-likeness (QED) is 0.924. The summed E-state index contributed by atoms with van der Waals surface area (Å²) in [5, 5.41) is 6.96. The molecule has 3 rings (SSSR count). The molecule has 1 unspecified atom stereocenters. The van der Waals surface area contributed by atoms with E-state index in [2.05, 4.69) is 41.3 Å². The average Bonchev–Trinajstić information content (AvgIpc) is 3.09. The van der Waals surface area contributed by atoms with E-state index in [1.165, 1.54) is 43.3 Å². The van der Waals surface area contributed by atoms with Crippen LogP contribution in [0.2, 0.25) is 0 Å². The van der Waals surface area contributed by atoms with E-state index in [0.29, 0.717) is 0 Å². The fraction of sp³-hybridized carbons (Fsp3) is 0.812. The first-order chi connectivity index (χ1) is 10.0. The summed E-state index contributed by atoms with van der Waals surface area (Å²) in [6.45, 7) is 14.9. The van der Waals surface area contributed by atoms with E-state index >= 15 is 0 Å². The van der Waals surface area contributed by atoms with Crippen LogP contribution in [0.4, 0.5) is 0 Å². The molecule has 0 radical (unpaired) electrons. The van der Waals surface area contributed by atoms with Crippen LogP contribution in [0.5, 0.6) is 0 Å². The van der Waals surface area contributed by atoms with Gasteiger partial charge in [-0.3, -0.25) is 9.80 Å². The molecule has 0 spiro atoms. The van der Waals surface area contributed by atoms with E-state index in [-0.39, 0.29) is 5.41 Å². The van der Waals surface area contributed by atoms with Crippen molar-refractivity contribution in [3.05, 3.63) is 16.1 Å². The second-order valence-electron chi connectivity index (χ2n) is 7.34. The Kier molecular flexibility index (Phi) is 4.64. The Morgan fingerprint density at radius 3 is 2.71 bits per heavy atom. The molecule has 1 aromatic heterocycles. The predicted octanol–water partition coefficient (Wildman–Crippen LogP) is 1.92. The monoisotopic (exact) mass is 308 g/mol. The predicted molar refractivity (Wildman–Crippen MR) is 88.9 cm³/mol. The second-order valence-corrected chi connectivity index (χ2v) is 8.28. The Morgan fingerprint density at radius 1 is 1.29 bits per heavy atom. The number of aromatic nitrogens is 1. The molecule has 5 heteroatoms. The van der Waals surface area contributed by atoms with Crippen molar-refractivity contribution in [3.8, 4) is 0 Å². The molecule has 0 aliphatic carbocycles. The minimum atomic E-state index is 0.170. The highest BCUT2D eigenvalue weighted by atomic mass is 32.1. The van der Waals surface area contributed by atoms with Gasteiger partial charge < -0.3 is 5.32 Å². The SMILES string of the molecule is CC(C)(C)c1csc(CN2CCC(N3CCNCC3)C2)n1. The summed E-state index contributed by atoms with van der Waals surface area (Å²) in [5.74, 6) is 0. The standard InChI is InChI=1S/C16H28N4S/c1-16(2,3)14-12-21-15(18-14)11-19-7-4-13(10-19)20-8-5-17-6-9-20/h12-13,17H,4-11H2,1-3H3. The Hall–Kier alpha value is -0.490. The molecule has 1 aromatic rings. The van der Waals surface area contributed by atoms with Gasteiger partial charge in [0, 0.05) is 56.1 Å². The molecule has 118 valence electrons. The third-order valence-corrected chi connectivity index (χ3v) is 5.43. The van der Waals surface area contributed by atoms with E-state index in [4.69, 9.17) is 4.98 Å². The summed E-state index contributed by atoms with van der Waals surface area (Å²) in [7, 11) is 0. The van der Waals surface area contributed by atoms with Gasteiger partial charge >= 0.3 is 0 Å². The van der Waals surface area contributed by atoms with Crippen LogP contribution in [0.15, 0.2) is 5.38 Å². The Labute approximate surface area is 132 Å². The summed E-state index contributed by atoms with van der Waals surface area (Å²) in [6.07, 6.45) is 1.32. The lowest BCUT2D eigenvalue weighted by molar-refractivity contribution is 0.170. The molecule has 0 bridgehead atoms. The summed E-state index contributed by atoms with van der Waals surface area (Å²) in [4.78, 5) is 10.1. The van der Waals surface area contributed by atoms with Gasteiger partial charge in [-0.05, 0) is 6.42 Å². The van der Waals surface area contributed by atoms with Gasteiger partial charge in [-0.2, -0.15) is 0 Å². The summed E-state index contributed by atoms with van der Waals surface area (Å²) < 4.78 is 0. The van der Waals surface area contributed by atoms with Crippen LogP contribution in [0, 0.1) is 0 Å². The van der Waals surface area contributed by atoms with Crippen molar-refractivity contribution in [2.45, 2.75) is 45.2 Å². The second kappa shape index (κ2) is 6.32. The van der Waals surface area contributed by atoms with Crippen molar-refractivity contribution in [2.75, 3.05) is 39.3 Å². The van der Waals surface area contributed by atoms with Gasteiger partial charge in [0.2, 0.25) is 0 Å². The smallest absolute Gasteiger partial charge is 0.107 e. The zero-order valence-electron chi connectivity index (χ0n) is 13.6. The maximum absolute atomic E-state index is 4.84. The van der Waals surface area contributed by atoms with Crippen LogP contribution in [0.3, 0.4) is 0 Å². The third kappa shape index (κ3) is 3.83. The number of rotatable bonds is 3. The summed E-state index contributed by atoms with van der Waals surface area (Å²) >= 11 is 1.82. The first-order valence-corrected chi connectivity index (χ1v) is 9.02. The van der Waals surface area contributed by atoms with E-state index in [1.807, 2.05) is 11.3 Å². The van der Waals surface area contributed by atoms with Gasteiger partial charge in [0.1, 0.15) is 5.01 Å². The number of nitrogens with one attached hydrogen (secondary N) is 1. The molecule has 1 N–H and O–H groups in total. The van der Waals surface area contributed by atoms with Crippen molar-refractivity contribution in [3.63, 3.8) is 0 Å². The van der Waals surface area contributed by atoms with Gasteiger partial charge in [-0.1, -0.05) is 20.8 Å². The number of hydrogen-bond donors (Lipinski definition) is 1. The fourth-order valence-corrected chi connectivity index (χ4v) is 4.28. The topological polar surface area (TPSA) is 31.4 Å². The van der Waals surface area contributed by atoms with Gasteiger partial charge in [-0.15, -0.1) is 11.3 Å². The largest absolute Gasteiger partial charge is 0.314 e. The van der Waals surface area contributed by atoms with Crippen LogP contribution < -0.4 is 5.32 Å². The number of likely N-dealkylation sites (tertiary alicyclic amines) is 1. The molecule has 1 atom stereocenters. The maximum atomic E-state index is 4.84. The molecular formula is C16H28N4S. The molecule has 2 aliphatic heterocycles. The van der Waals surface area contributed by atoms with Gasteiger partial charge in [0.25, 0.3) is 0 Å². The van der Waals surface area contributed by atoms with E-state index in [9.17, 15) is 0 Å². The fourth-order valence-electron chi connectivity index (χ4n) is 3.22. The van der Waals surface area contributed by atoms with Crippen LogP contribution in [0.1, 0.15) is 37.9 Å². The van der Waals surface area contributed by atoms with Gasteiger partial charge in [-0.25, -0.2) is 4.98 Å². The van der Waals surface area contributed by atoms with Gasteiger partial charge in [0.15, 0.2) is 0 Å². The maximum Gasteiger partial charge on any atom is 0.107 e. The number of piperazine rings is 1. The normalized spacial score (nSPS) is 25.6. The van der Waals surface area contributed by atoms with Crippen molar-refractivity contribution in [1.29, 1.82) is 0 Å². The molecular weight excluding hydrogens is 280 g/mol. The highest BCUT2D eigenvalue weighted by Crippen LogP contribution is 2.25. The van der Waals surface area contributed by atoms with E-state index in [1.54, 1.807) is 0 Å². The highest BCUT2D eigenvalue weighted by molar-refractivity contribution is 7.09. The zero-order valence-corrected chi connectivity index (χ0v) is 14.4. The van der Waals surface area contributed by atoms with Gasteiger partial charge in [0.05, 0.1) is 12.2 Å². The van der Waals surface area contributed by atoms with Crippen LogP contribution in [-0.2, 0) is 12.0 Å². The summed E-state index contributed by atoms with van der Waals surface area (Å²) in [5.41, 5.74) is 1.41. The van der Waals surface area contributed by atoms with Crippen LogP contribution in [-0.4, -0.2) is 60.1 Å². The minimum Gasteiger partial charge on any atom is -0.314 e. The van der Waals surface area contributed by atoms with Crippen LogP contribution in [0.25, 0.3) is 0 Å². The van der Waals surface area contributed by atoms with E-state index < -0.39 is 0 Å². The zero-order chi connectivity index (χ0) is 14.9. The molecule has 0 amide bonds. The van der Waals surface area contributed by atoms with Crippen molar-refractivity contribution < 1.29 is 0 Å². The Bertz CT molecular complexity index is 459. The minimum absolute atomic E-state index is 0.170. The summed E-state index contributed by atoms with van der Waals surface area (Å²) in [6, 6.07) is 0.758. The lowest BCUT2D eigenvalue weighted by Crippen LogP contribution is -2.49. The average molecular weight is 308 g/mol. The Morgan fingerprint density at radius 2 is 2.05 bits per heavy atom. The molecule has 0 saturated carbocycles. The molecule has 4 nitrogen and oxygen atoms in total. The lowest BCUT2D eigenvalue weighted by Gasteiger charge is -2.32. The van der Waals surface area contributed by atoms with Crippen molar-refractivity contribution in [2.24, 2.45) is 0 Å². The number of hydrogen-bond acceptors (Lipinski definition) is 5. The molecule has 2 aliphatic rings. The molecule has 0 aromatic carbocycles.